The van der Waals surface area contributed by atoms with Crippen molar-refractivity contribution in [3.05, 3.63) is 53.6 Å². The van der Waals surface area contributed by atoms with Gasteiger partial charge in [-0.25, -0.2) is 4.79 Å². The van der Waals surface area contributed by atoms with Gasteiger partial charge in [0, 0.05) is 30.9 Å². The number of ether oxygens (including phenoxy) is 2. The average molecular weight is 408 g/mol. The summed E-state index contributed by atoms with van der Waals surface area (Å²) in [6.45, 7) is 3.14. The summed E-state index contributed by atoms with van der Waals surface area (Å²) in [7, 11) is 1.38. The lowest BCUT2D eigenvalue weighted by Crippen LogP contribution is -2.35. The zero-order valence-corrected chi connectivity index (χ0v) is 17.4. The molecule has 158 valence electrons. The third-order valence-electron chi connectivity index (χ3n) is 5.77. The van der Waals surface area contributed by atoms with Gasteiger partial charge in [0.1, 0.15) is 5.75 Å². The van der Waals surface area contributed by atoms with Crippen LogP contribution in [0.1, 0.15) is 52.8 Å². The van der Waals surface area contributed by atoms with Gasteiger partial charge in [0.15, 0.2) is 0 Å². The fourth-order valence-corrected chi connectivity index (χ4v) is 4.10. The van der Waals surface area contributed by atoms with Crippen LogP contribution in [0.2, 0.25) is 0 Å². The van der Waals surface area contributed by atoms with Gasteiger partial charge in [-0.15, -0.1) is 0 Å². The van der Waals surface area contributed by atoms with E-state index in [0.29, 0.717) is 17.7 Å². The molecule has 0 aliphatic carbocycles. The summed E-state index contributed by atoms with van der Waals surface area (Å²) in [6, 6.07) is 13.1. The van der Waals surface area contributed by atoms with Crippen LogP contribution in [0.3, 0.4) is 0 Å². The summed E-state index contributed by atoms with van der Waals surface area (Å²) < 4.78 is 10.8. The number of nitrogens with zero attached hydrogens (tertiary/aromatic N) is 2. The molecule has 1 saturated heterocycles. The van der Waals surface area contributed by atoms with Crippen molar-refractivity contribution in [1.82, 2.24) is 4.90 Å². The Bertz CT molecular complexity index is 904. The van der Waals surface area contributed by atoms with Crippen LogP contribution in [-0.4, -0.2) is 50.1 Å². The average Bonchev–Trinajstić information content (AvgIpc) is 2.79. The Balaban J connectivity index is 1.63. The summed E-state index contributed by atoms with van der Waals surface area (Å²) >= 11 is 0. The molecule has 6 heteroatoms. The van der Waals surface area contributed by atoms with Crippen molar-refractivity contribution in [3.63, 3.8) is 0 Å². The minimum absolute atomic E-state index is 0.0807. The molecule has 2 heterocycles. The van der Waals surface area contributed by atoms with Gasteiger partial charge in [0.05, 0.1) is 25.0 Å². The smallest absolute Gasteiger partial charge is 0.337 e. The number of hydrogen-bond acceptors (Lipinski definition) is 5. The molecule has 0 aromatic heterocycles. The van der Waals surface area contributed by atoms with Crippen molar-refractivity contribution in [2.45, 2.75) is 32.1 Å². The number of amides is 1. The number of esters is 1. The van der Waals surface area contributed by atoms with Gasteiger partial charge in [-0.05, 0) is 74.6 Å². The maximum absolute atomic E-state index is 12.9. The second-order valence-electron chi connectivity index (χ2n) is 7.78. The molecule has 1 fully saturated rings. The first-order valence-electron chi connectivity index (χ1n) is 10.7. The van der Waals surface area contributed by atoms with E-state index >= 15 is 0 Å². The molecule has 0 spiro atoms. The highest BCUT2D eigenvalue weighted by Gasteiger charge is 2.22. The Morgan fingerprint density at radius 1 is 0.867 bits per heavy atom. The topological polar surface area (TPSA) is 59.1 Å². The van der Waals surface area contributed by atoms with Crippen LogP contribution >= 0.6 is 0 Å². The number of methoxy groups -OCH3 is 1. The molecular weight excluding hydrogens is 380 g/mol. The highest BCUT2D eigenvalue weighted by molar-refractivity contribution is 5.95. The van der Waals surface area contributed by atoms with Gasteiger partial charge in [-0.3, -0.25) is 4.79 Å². The molecule has 2 aliphatic heterocycles. The number of benzene rings is 2. The van der Waals surface area contributed by atoms with Crippen molar-refractivity contribution in [2.24, 2.45) is 0 Å². The van der Waals surface area contributed by atoms with Gasteiger partial charge in [-0.1, -0.05) is 0 Å². The summed E-state index contributed by atoms with van der Waals surface area (Å²) in [5.41, 5.74) is 3.12. The Kier molecular flexibility index (Phi) is 6.21. The lowest BCUT2D eigenvalue weighted by atomic mass is 10.1. The van der Waals surface area contributed by atoms with Crippen molar-refractivity contribution in [1.29, 1.82) is 0 Å². The maximum atomic E-state index is 12.9. The molecule has 0 N–H and O–H groups in total. The second kappa shape index (κ2) is 9.20. The molecule has 30 heavy (non-hydrogen) atoms. The van der Waals surface area contributed by atoms with E-state index in [0.717, 1.165) is 62.4 Å². The molecule has 0 saturated carbocycles. The Morgan fingerprint density at radius 2 is 1.57 bits per heavy atom. The molecule has 0 bridgehead atoms. The standard InChI is InChI=1S/C24H28N2O4/c1-29-24(28)18-7-10-20(11-8-18)26-15-5-6-16-30-22-17-19(9-12-21(22)26)23(27)25-13-3-2-4-14-25/h7-12,17H,2-6,13-16H2,1H3. The predicted molar refractivity (Wildman–Crippen MR) is 116 cm³/mol. The number of anilines is 2. The SMILES string of the molecule is COC(=O)c1ccc(N2CCCCOc3cc(C(=O)N4CCCCC4)ccc32)cc1. The van der Waals surface area contributed by atoms with Crippen molar-refractivity contribution in [3.8, 4) is 5.75 Å². The number of fused-ring (bicyclic) bond motifs is 1. The highest BCUT2D eigenvalue weighted by atomic mass is 16.5. The first kappa shape index (κ1) is 20.3. The van der Waals surface area contributed by atoms with E-state index in [1.165, 1.54) is 13.5 Å². The van der Waals surface area contributed by atoms with E-state index in [-0.39, 0.29) is 11.9 Å². The van der Waals surface area contributed by atoms with Crippen molar-refractivity contribution < 1.29 is 19.1 Å². The number of carbonyl (C=O) groups is 2. The number of likely N-dealkylation sites (tertiary alicyclic amines) is 1. The normalized spacial score (nSPS) is 16.7. The van der Waals surface area contributed by atoms with Crippen LogP contribution in [-0.2, 0) is 4.74 Å². The number of piperidine rings is 1. The Morgan fingerprint density at radius 3 is 2.30 bits per heavy atom. The monoisotopic (exact) mass is 408 g/mol. The van der Waals surface area contributed by atoms with Crippen LogP contribution in [0, 0.1) is 0 Å². The molecule has 2 aliphatic rings. The maximum Gasteiger partial charge on any atom is 0.337 e. The molecular formula is C24H28N2O4. The molecule has 4 rings (SSSR count). The Labute approximate surface area is 177 Å². The quantitative estimate of drug-likeness (QED) is 0.704. The third kappa shape index (κ3) is 4.27. The van der Waals surface area contributed by atoms with Crippen LogP contribution in [0.4, 0.5) is 11.4 Å². The number of carbonyl (C=O) groups excluding carboxylic acids is 2. The highest BCUT2D eigenvalue weighted by Crippen LogP contribution is 2.37. The van der Waals surface area contributed by atoms with E-state index < -0.39 is 0 Å². The summed E-state index contributed by atoms with van der Waals surface area (Å²) in [6.07, 6.45) is 5.28. The predicted octanol–water partition coefficient (Wildman–Crippen LogP) is 4.41. The minimum Gasteiger partial charge on any atom is -0.491 e. The minimum atomic E-state index is -0.348. The van der Waals surface area contributed by atoms with Gasteiger partial charge < -0.3 is 19.3 Å². The van der Waals surface area contributed by atoms with E-state index in [2.05, 4.69) is 4.90 Å². The molecule has 2 aromatic rings. The van der Waals surface area contributed by atoms with E-state index in [1.54, 1.807) is 12.1 Å². The summed E-state index contributed by atoms with van der Waals surface area (Å²) in [5.74, 6) is 0.463. The molecule has 1 amide bonds. The second-order valence-corrected chi connectivity index (χ2v) is 7.78. The van der Waals surface area contributed by atoms with Gasteiger partial charge in [-0.2, -0.15) is 0 Å². The fraction of sp³-hybridized carbons (Fsp3) is 0.417. The van der Waals surface area contributed by atoms with Crippen molar-refractivity contribution >= 4 is 23.3 Å². The van der Waals surface area contributed by atoms with E-state index in [1.807, 2.05) is 35.2 Å². The van der Waals surface area contributed by atoms with Gasteiger partial charge in [0.2, 0.25) is 0 Å². The molecule has 2 aromatic carbocycles. The Hall–Kier alpha value is -3.02. The fourth-order valence-electron chi connectivity index (χ4n) is 4.10. The van der Waals surface area contributed by atoms with Crippen LogP contribution in [0.5, 0.6) is 5.75 Å². The molecule has 0 radical (unpaired) electrons. The lowest BCUT2D eigenvalue weighted by molar-refractivity contribution is 0.0600. The molecule has 0 unspecified atom stereocenters. The molecule has 0 atom stereocenters. The first-order chi connectivity index (χ1) is 14.7. The van der Waals surface area contributed by atoms with E-state index in [9.17, 15) is 9.59 Å². The van der Waals surface area contributed by atoms with Gasteiger partial charge in [0.25, 0.3) is 5.91 Å². The van der Waals surface area contributed by atoms with E-state index in [4.69, 9.17) is 9.47 Å². The first-order valence-corrected chi connectivity index (χ1v) is 10.7. The zero-order chi connectivity index (χ0) is 20.9. The molecule has 6 nitrogen and oxygen atoms in total. The third-order valence-corrected chi connectivity index (χ3v) is 5.77. The van der Waals surface area contributed by atoms with Crippen molar-refractivity contribution in [2.75, 3.05) is 38.3 Å². The summed E-state index contributed by atoms with van der Waals surface area (Å²) in [4.78, 5) is 28.8. The summed E-state index contributed by atoms with van der Waals surface area (Å²) in [5, 5.41) is 0. The van der Waals surface area contributed by atoms with Crippen LogP contribution < -0.4 is 9.64 Å². The van der Waals surface area contributed by atoms with Gasteiger partial charge >= 0.3 is 5.97 Å². The zero-order valence-electron chi connectivity index (χ0n) is 17.4. The number of hydrogen-bond donors (Lipinski definition) is 0. The largest absolute Gasteiger partial charge is 0.491 e. The lowest BCUT2D eigenvalue weighted by Gasteiger charge is -2.30. The number of rotatable bonds is 3. The van der Waals surface area contributed by atoms with Crippen LogP contribution in [0.25, 0.3) is 0 Å². The van der Waals surface area contributed by atoms with Crippen LogP contribution in [0.15, 0.2) is 42.5 Å².